The lowest BCUT2D eigenvalue weighted by Crippen LogP contribution is -2.36. The fourth-order valence-corrected chi connectivity index (χ4v) is 9.65. The second-order valence-corrected chi connectivity index (χ2v) is 15.4. The number of aromatic nitrogens is 2. The molecule has 1 aliphatic rings. The van der Waals surface area contributed by atoms with Gasteiger partial charge in [0.05, 0.1) is 44.8 Å². The maximum Gasteiger partial charge on any atom is 0.100 e. The molecule has 0 saturated heterocycles. The van der Waals surface area contributed by atoms with E-state index in [9.17, 15) is 0 Å². The van der Waals surface area contributed by atoms with E-state index in [0.717, 1.165) is 31.7 Å². The minimum absolute atomic E-state index is 0.613. The van der Waals surface area contributed by atoms with E-state index in [1.807, 2.05) is 0 Å². The molecule has 53 heavy (non-hydrogen) atoms. The summed E-state index contributed by atoms with van der Waals surface area (Å²) >= 11 is 8.18. The van der Waals surface area contributed by atoms with Gasteiger partial charge in [0.25, 0.3) is 0 Å². The van der Waals surface area contributed by atoms with Crippen molar-refractivity contribution in [1.29, 1.82) is 0 Å². The monoisotopic (exact) mass is 808 g/mol. The lowest BCUT2D eigenvalue weighted by molar-refractivity contribution is 0.914. The number of nitrogens with zero attached hydrogens (tertiary/aromatic N) is 4. The van der Waals surface area contributed by atoms with Gasteiger partial charge in [0.15, 0.2) is 0 Å². The van der Waals surface area contributed by atoms with Gasteiger partial charge in [0.1, 0.15) is 6.67 Å². The summed E-state index contributed by atoms with van der Waals surface area (Å²) < 4.78 is 6.89. The summed E-state index contributed by atoms with van der Waals surface area (Å²) in [4.78, 5) is 4.93. The van der Waals surface area contributed by atoms with Gasteiger partial charge in [-0.3, -0.25) is 0 Å². The Hall–Kier alpha value is -5.82. The largest absolute Gasteiger partial charge is 0.321 e. The second-order valence-electron chi connectivity index (χ2n) is 13.7. The van der Waals surface area contributed by atoms with E-state index in [2.05, 4.69) is 221 Å². The molecular weight excluding hydrogens is 780 g/mol. The molecule has 6 heteroatoms. The van der Waals surface area contributed by atoms with E-state index in [0.29, 0.717) is 6.67 Å². The number of para-hydroxylation sites is 4. The predicted molar refractivity (Wildman–Crippen MR) is 230 cm³/mol. The first-order chi connectivity index (χ1) is 26.1. The van der Waals surface area contributed by atoms with Crippen molar-refractivity contribution in [3.8, 4) is 11.4 Å². The van der Waals surface area contributed by atoms with E-state index in [4.69, 9.17) is 0 Å². The molecule has 0 unspecified atom stereocenters. The summed E-state index contributed by atoms with van der Waals surface area (Å²) in [6, 6.07) is 61.4. The second kappa shape index (κ2) is 11.9. The standard InChI is InChI=1S/C47H30Br2N4/c48-37-25-35-33-19-7-9-21-39(33)52(31-15-3-1-4-16-31)43(35)27-45(37)50-29-51(42-24-12-14-30-13-11-23-41(50)47(30)42)46-28-44-36(26-38(46)49)34-20-8-10-22-40(34)53(44)32-17-5-2-6-18-32/h1-28H,29H2. The van der Waals surface area contributed by atoms with Crippen molar-refractivity contribution < 1.29 is 0 Å². The van der Waals surface area contributed by atoms with Crippen LogP contribution in [0.5, 0.6) is 0 Å². The molecule has 2 aromatic heterocycles. The number of hydrogen-bond donors (Lipinski definition) is 0. The van der Waals surface area contributed by atoms with Crippen molar-refractivity contribution in [3.05, 3.63) is 179 Å². The fourth-order valence-electron chi connectivity index (χ4n) is 8.54. The number of halogens is 2. The van der Waals surface area contributed by atoms with Crippen LogP contribution < -0.4 is 9.80 Å². The molecule has 4 nitrogen and oxygen atoms in total. The Morgan fingerprint density at radius 2 is 0.792 bits per heavy atom. The molecule has 252 valence electrons. The zero-order valence-electron chi connectivity index (χ0n) is 28.4. The molecule has 11 rings (SSSR count). The third kappa shape index (κ3) is 4.59. The highest BCUT2D eigenvalue weighted by molar-refractivity contribution is 9.11. The van der Waals surface area contributed by atoms with Crippen molar-refractivity contribution in [2.45, 2.75) is 0 Å². The number of hydrogen-bond acceptors (Lipinski definition) is 2. The molecule has 0 spiro atoms. The highest BCUT2D eigenvalue weighted by Crippen LogP contribution is 2.50. The first-order valence-electron chi connectivity index (χ1n) is 17.8. The van der Waals surface area contributed by atoms with E-state index in [1.165, 1.54) is 65.8 Å². The van der Waals surface area contributed by atoms with Gasteiger partial charge >= 0.3 is 0 Å². The van der Waals surface area contributed by atoms with Crippen LogP contribution in [0.2, 0.25) is 0 Å². The van der Waals surface area contributed by atoms with Crippen molar-refractivity contribution in [3.63, 3.8) is 0 Å². The zero-order chi connectivity index (χ0) is 35.2. The summed E-state index contributed by atoms with van der Waals surface area (Å²) in [6.45, 7) is 0.613. The van der Waals surface area contributed by atoms with Gasteiger partial charge in [-0.2, -0.15) is 0 Å². The Kier molecular flexibility index (Phi) is 6.88. The number of rotatable bonds is 4. The van der Waals surface area contributed by atoms with Crippen LogP contribution in [0.4, 0.5) is 22.7 Å². The average molecular weight is 811 g/mol. The van der Waals surface area contributed by atoms with E-state index < -0.39 is 0 Å². The first-order valence-corrected chi connectivity index (χ1v) is 19.4. The van der Waals surface area contributed by atoms with Gasteiger partial charge < -0.3 is 18.9 Å². The van der Waals surface area contributed by atoms with Crippen LogP contribution in [0.1, 0.15) is 0 Å². The van der Waals surface area contributed by atoms with Crippen LogP contribution in [-0.2, 0) is 0 Å². The Morgan fingerprint density at radius 1 is 0.358 bits per heavy atom. The summed E-state index contributed by atoms with van der Waals surface area (Å²) in [5.41, 5.74) is 11.6. The smallest absolute Gasteiger partial charge is 0.100 e. The summed E-state index contributed by atoms with van der Waals surface area (Å²) in [5, 5.41) is 7.34. The third-order valence-electron chi connectivity index (χ3n) is 10.8. The molecule has 0 amide bonds. The van der Waals surface area contributed by atoms with Gasteiger partial charge in [0.2, 0.25) is 0 Å². The molecule has 0 atom stereocenters. The van der Waals surface area contributed by atoms with Gasteiger partial charge in [-0.15, -0.1) is 0 Å². The predicted octanol–water partition coefficient (Wildman–Crippen LogP) is 13.8. The van der Waals surface area contributed by atoms with Crippen molar-refractivity contribution in [2.24, 2.45) is 0 Å². The van der Waals surface area contributed by atoms with Crippen LogP contribution in [0.3, 0.4) is 0 Å². The summed E-state index contributed by atoms with van der Waals surface area (Å²) in [6.07, 6.45) is 0. The first kappa shape index (κ1) is 30.8. The Bertz CT molecular complexity index is 2870. The SMILES string of the molecule is Brc1cc2c3ccccc3n(-c3ccccc3)c2cc1N1CN(c2cc3c(cc2Br)c2ccccc2n3-c2ccccc2)c2cccc3cccc1c23. The summed E-state index contributed by atoms with van der Waals surface area (Å²) in [5.74, 6) is 0. The number of benzene rings is 8. The van der Waals surface area contributed by atoms with E-state index in [-0.39, 0.29) is 0 Å². The molecule has 0 fully saturated rings. The average Bonchev–Trinajstić information content (AvgIpc) is 3.70. The molecule has 3 heterocycles. The minimum Gasteiger partial charge on any atom is -0.321 e. The minimum atomic E-state index is 0.613. The maximum absolute atomic E-state index is 4.09. The van der Waals surface area contributed by atoms with Crippen LogP contribution >= 0.6 is 31.9 Å². The van der Waals surface area contributed by atoms with Gasteiger partial charge in [-0.1, -0.05) is 97.1 Å². The molecule has 1 aliphatic heterocycles. The molecule has 10 aromatic rings. The Morgan fingerprint density at radius 3 is 1.26 bits per heavy atom. The van der Waals surface area contributed by atoms with Gasteiger partial charge in [-0.05, 0) is 110 Å². The lowest BCUT2D eigenvalue weighted by atomic mass is 10.0. The Labute approximate surface area is 323 Å². The highest BCUT2D eigenvalue weighted by atomic mass is 79.9. The maximum atomic E-state index is 4.09. The van der Waals surface area contributed by atoms with Crippen LogP contribution in [0.25, 0.3) is 65.8 Å². The van der Waals surface area contributed by atoms with E-state index >= 15 is 0 Å². The molecule has 0 N–H and O–H groups in total. The zero-order valence-corrected chi connectivity index (χ0v) is 31.6. The normalized spacial score (nSPS) is 12.9. The molecule has 0 aliphatic carbocycles. The van der Waals surface area contributed by atoms with Crippen molar-refractivity contribution in [2.75, 3.05) is 16.5 Å². The van der Waals surface area contributed by atoms with E-state index in [1.54, 1.807) is 0 Å². The fraction of sp³-hybridized carbons (Fsp3) is 0.0213. The quantitative estimate of drug-likeness (QED) is 0.176. The van der Waals surface area contributed by atoms with Crippen LogP contribution in [-0.4, -0.2) is 15.8 Å². The molecule has 0 saturated carbocycles. The molecular formula is C47H30Br2N4. The summed E-state index contributed by atoms with van der Waals surface area (Å²) in [7, 11) is 0. The molecule has 0 bridgehead atoms. The third-order valence-corrected chi connectivity index (χ3v) is 12.1. The van der Waals surface area contributed by atoms with Crippen molar-refractivity contribution in [1.82, 2.24) is 9.13 Å². The molecule has 8 aromatic carbocycles. The highest BCUT2D eigenvalue weighted by Gasteiger charge is 2.30. The molecule has 0 radical (unpaired) electrons. The topological polar surface area (TPSA) is 16.3 Å². The number of anilines is 4. The van der Waals surface area contributed by atoms with Crippen LogP contribution in [0.15, 0.2) is 179 Å². The van der Waals surface area contributed by atoms with Gasteiger partial charge in [-0.25, -0.2) is 0 Å². The van der Waals surface area contributed by atoms with Gasteiger partial charge in [0, 0.05) is 47.3 Å². The van der Waals surface area contributed by atoms with Crippen molar-refractivity contribution >= 4 is 109 Å². The Balaban J connectivity index is 1.16. The van der Waals surface area contributed by atoms with Crippen LogP contribution in [0, 0.1) is 0 Å². The lowest BCUT2D eigenvalue weighted by Gasteiger charge is -2.40. The number of fused-ring (bicyclic) bond motifs is 6.